The smallest absolute Gasteiger partial charge is 0.261 e. The molecule has 0 radical (unpaired) electrons. The standard InChI is InChI=1S/C26H24BrN3O3/c1-16-19-10-4-5-11-20(19)21-12-6-8-14-23(21)30(26(16)33)29-25(32)17(2)28-24(31)15-18-9-3-7-13-22(18)27/h3-14,16-17H,15H2,1-2H3,(H,28,31)(H,29,32)/t16?,17-/m0/s1. The van der Waals surface area contributed by atoms with Crippen molar-refractivity contribution in [2.45, 2.75) is 32.2 Å². The van der Waals surface area contributed by atoms with E-state index in [0.717, 1.165) is 26.7 Å². The number of hydrazine groups is 1. The van der Waals surface area contributed by atoms with Crippen molar-refractivity contribution in [3.05, 3.63) is 88.4 Å². The summed E-state index contributed by atoms with van der Waals surface area (Å²) >= 11 is 3.43. The molecule has 4 rings (SSSR count). The SMILES string of the molecule is CC1C(=O)N(NC(=O)[C@H](C)NC(=O)Cc2ccccc2Br)c2ccccc2-c2ccccc21. The maximum Gasteiger partial charge on any atom is 0.261 e. The van der Waals surface area contributed by atoms with E-state index in [1.54, 1.807) is 13.0 Å². The molecular formula is C26H24BrN3O3. The highest BCUT2D eigenvalue weighted by atomic mass is 79.9. The van der Waals surface area contributed by atoms with E-state index < -0.39 is 17.9 Å². The Balaban J connectivity index is 1.53. The number of nitrogens with one attached hydrogen (secondary N) is 2. The van der Waals surface area contributed by atoms with E-state index >= 15 is 0 Å². The quantitative estimate of drug-likeness (QED) is 0.541. The molecule has 1 aliphatic rings. The first-order valence-electron chi connectivity index (χ1n) is 10.7. The van der Waals surface area contributed by atoms with Gasteiger partial charge in [0.25, 0.3) is 11.8 Å². The third kappa shape index (κ3) is 4.68. The van der Waals surface area contributed by atoms with Crippen LogP contribution in [0.2, 0.25) is 0 Å². The van der Waals surface area contributed by atoms with Crippen LogP contribution < -0.4 is 15.8 Å². The van der Waals surface area contributed by atoms with Crippen LogP contribution in [0.5, 0.6) is 0 Å². The summed E-state index contributed by atoms with van der Waals surface area (Å²) < 4.78 is 0.831. The van der Waals surface area contributed by atoms with Crippen molar-refractivity contribution in [2.75, 3.05) is 5.01 Å². The van der Waals surface area contributed by atoms with Gasteiger partial charge in [-0.3, -0.25) is 19.8 Å². The number of amides is 3. The van der Waals surface area contributed by atoms with Crippen LogP contribution in [-0.2, 0) is 20.8 Å². The van der Waals surface area contributed by atoms with Crippen molar-refractivity contribution in [1.29, 1.82) is 0 Å². The maximum atomic E-state index is 13.3. The normalized spacial score (nSPS) is 15.7. The minimum absolute atomic E-state index is 0.136. The van der Waals surface area contributed by atoms with Gasteiger partial charge in [-0.05, 0) is 42.7 Å². The van der Waals surface area contributed by atoms with Gasteiger partial charge < -0.3 is 5.32 Å². The van der Waals surface area contributed by atoms with E-state index in [9.17, 15) is 14.4 Å². The molecule has 2 N–H and O–H groups in total. The van der Waals surface area contributed by atoms with Crippen LogP contribution in [0.1, 0.15) is 30.9 Å². The molecule has 2 atom stereocenters. The average Bonchev–Trinajstić information content (AvgIpc) is 2.90. The molecule has 1 aliphatic heterocycles. The van der Waals surface area contributed by atoms with E-state index in [1.807, 2.05) is 73.7 Å². The molecule has 0 aromatic heterocycles. The molecule has 6 nitrogen and oxygen atoms in total. The number of halogens is 1. The Kier molecular flexibility index (Phi) is 6.60. The Hall–Kier alpha value is -3.45. The molecule has 0 fully saturated rings. The van der Waals surface area contributed by atoms with Crippen molar-refractivity contribution < 1.29 is 14.4 Å². The van der Waals surface area contributed by atoms with Gasteiger partial charge in [0.1, 0.15) is 6.04 Å². The molecule has 0 spiro atoms. The second kappa shape index (κ2) is 9.58. The molecule has 33 heavy (non-hydrogen) atoms. The van der Waals surface area contributed by atoms with E-state index in [1.165, 1.54) is 5.01 Å². The number of rotatable bonds is 5. The van der Waals surface area contributed by atoms with Crippen molar-refractivity contribution in [3.63, 3.8) is 0 Å². The van der Waals surface area contributed by atoms with Gasteiger partial charge in [-0.2, -0.15) is 0 Å². The molecule has 0 saturated heterocycles. The van der Waals surface area contributed by atoms with Gasteiger partial charge >= 0.3 is 0 Å². The summed E-state index contributed by atoms with van der Waals surface area (Å²) in [6, 6.07) is 21.8. The van der Waals surface area contributed by atoms with E-state index in [4.69, 9.17) is 0 Å². The summed E-state index contributed by atoms with van der Waals surface area (Å²) in [6.45, 7) is 3.43. The van der Waals surface area contributed by atoms with Crippen molar-refractivity contribution >= 4 is 39.3 Å². The number of hydrogen-bond acceptors (Lipinski definition) is 3. The van der Waals surface area contributed by atoms with Gasteiger partial charge in [-0.1, -0.05) is 76.6 Å². The second-order valence-corrected chi connectivity index (χ2v) is 8.89. The maximum absolute atomic E-state index is 13.3. The van der Waals surface area contributed by atoms with E-state index in [0.29, 0.717) is 5.69 Å². The number of hydrogen-bond donors (Lipinski definition) is 2. The Morgan fingerprint density at radius 1 is 0.970 bits per heavy atom. The minimum Gasteiger partial charge on any atom is -0.344 e. The lowest BCUT2D eigenvalue weighted by atomic mass is 9.92. The zero-order valence-corrected chi connectivity index (χ0v) is 19.9. The van der Waals surface area contributed by atoms with Crippen LogP contribution in [0.15, 0.2) is 77.3 Å². The lowest BCUT2D eigenvalue weighted by molar-refractivity contribution is -0.130. The molecule has 3 amide bonds. The number of carbonyl (C=O) groups is 3. The monoisotopic (exact) mass is 505 g/mol. The summed E-state index contributed by atoms with van der Waals surface area (Å²) in [7, 11) is 0. The third-order valence-corrected chi connectivity index (χ3v) is 6.53. The fourth-order valence-corrected chi connectivity index (χ4v) is 4.38. The van der Waals surface area contributed by atoms with Gasteiger partial charge in [0.2, 0.25) is 5.91 Å². The Labute approximate surface area is 201 Å². The number of anilines is 1. The topological polar surface area (TPSA) is 78.5 Å². The van der Waals surface area contributed by atoms with Crippen LogP contribution in [0.3, 0.4) is 0 Å². The fraction of sp³-hybridized carbons (Fsp3) is 0.192. The highest BCUT2D eigenvalue weighted by molar-refractivity contribution is 9.10. The first-order valence-corrected chi connectivity index (χ1v) is 11.5. The van der Waals surface area contributed by atoms with Crippen LogP contribution in [0.25, 0.3) is 11.1 Å². The molecule has 168 valence electrons. The van der Waals surface area contributed by atoms with E-state index in [-0.39, 0.29) is 18.2 Å². The number of fused-ring (bicyclic) bond motifs is 3. The lowest BCUT2D eigenvalue weighted by Crippen LogP contribution is -2.54. The summed E-state index contributed by atoms with van der Waals surface area (Å²) in [5.41, 5.74) is 6.87. The van der Waals surface area contributed by atoms with Crippen molar-refractivity contribution in [1.82, 2.24) is 10.7 Å². The zero-order valence-electron chi connectivity index (χ0n) is 18.3. The van der Waals surface area contributed by atoms with Gasteiger partial charge in [0.15, 0.2) is 0 Å². The van der Waals surface area contributed by atoms with Crippen molar-refractivity contribution in [3.8, 4) is 11.1 Å². The highest BCUT2D eigenvalue weighted by Crippen LogP contribution is 2.39. The Morgan fingerprint density at radius 2 is 1.61 bits per heavy atom. The number of carbonyl (C=O) groups excluding carboxylic acids is 3. The average molecular weight is 506 g/mol. The molecule has 0 bridgehead atoms. The highest BCUT2D eigenvalue weighted by Gasteiger charge is 2.33. The molecule has 1 unspecified atom stereocenters. The predicted octanol–water partition coefficient (Wildman–Crippen LogP) is 4.34. The summed E-state index contributed by atoms with van der Waals surface area (Å²) in [4.78, 5) is 38.8. The summed E-state index contributed by atoms with van der Waals surface area (Å²) in [5.74, 6) is -1.45. The second-order valence-electron chi connectivity index (χ2n) is 8.03. The first-order chi connectivity index (χ1) is 15.9. The molecular weight excluding hydrogens is 482 g/mol. The van der Waals surface area contributed by atoms with Crippen LogP contribution in [-0.4, -0.2) is 23.8 Å². The summed E-state index contributed by atoms with van der Waals surface area (Å²) in [6.07, 6.45) is 0.136. The molecule has 0 aliphatic carbocycles. The third-order valence-electron chi connectivity index (χ3n) is 5.75. The van der Waals surface area contributed by atoms with Crippen molar-refractivity contribution in [2.24, 2.45) is 0 Å². The number of benzene rings is 3. The predicted molar refractivity (Wildman–Crippen MR) is 131 cm³/mol. The minimum atomic E-state index is -0.833. The number of nitrogens with zero attached hydrogens (tertiary/aromatic N) is 1. The Bertz CT molecular complexity index is 1230. The number of para-hydroxylation sites is 1. The molecule has 0 saturated carbocycles. The fourth-order valence-electron chi connectivity index (χ4n) is 3.96. The Morgan fingerprint density at radius 3 is 2.36 bits per heavy atom. The van der Waals surface area contributed by atoms with E-state index in [2.05, 4.69) is 26.7 Å². The van der Waals surface area contributed by atoms with Gasteiger partial charge in [0, 0.05) is 10.0 Å². The zero-order chi connectivity index (χ0) is 23.5. The largest absolute Gasteiger partial charge is 0.344 e. The lowest BCUT2D eigenvalue weighted by Gasteiger charge is -2.27. The molecule has 7 heteroatoms. The molecule has 1 heterocycles. The van der Waals surface area contributed by atoms with Gasteiger partial charge in [-0.25, -0.2) is 5.01 Å². The van der Waals surface area contributed by atoms with Gasteiger partial charge in [0.05, 0.1) is 18.0 Å². The molecule has 3 aromatic carbocycles. The summed E-state index contributed by atoms with van der Waals surface area (Å²) in [5, 5.41) is 4.02. The first kappa shape index (κ1) is 22.7. The van der Waals surface area contributed by atoms with Crippen LogP contribution in [0.4, 0.5) is 5.69 Å². The van der Waals surface area contributed by atoms with Gasteiger partial charge in [-0.15, -0.1) is 0 Å². The van der Waals surface area contributed by atoms with Crippen LogP contribution in [0, 0.1) is 0 Å². The van der Waals surface area contributed by atoms with Crippen LogP contribution >= 0.6 is 15.9 Å². The molecule has 3 aromatic rings.